The SMILES string of the molecule is CCOC(=O)c1sc(NC(=O)CC(c2ccccc2)c2ccccc2)cc1C. The van der Waals surface area contributed by atoms with Crippen molar-refractivity contribution in [1.29, 1.82) is 0 Å². The van der Waals surface area contributed by atoms with Crippen molar-refractivity contribution in [2.75, 3.05) is 11.9 Å². The van der Waals surface area contributed by atoms with E-state index in [2.05, 4.69) is 5.32 Å². The van der Waals surface area contributed by atoms with Crippen molar-refractivity contribution in [3.05, 3.63) is 88.3 Å². The number of carbonyl (C=O) groups excluding carboxylic acids is 2. The average molecular weight is 394 g/mol. The van der Waals surface area contributed by atoms with Crippen molar-refractivity contribution < 1.29 is 14.3 Å². The fourth-order valence-corrected chi connectivity index (χ4v) is 4.10. The van der Waals surface area contributed by atoms with Crippen LogP contribution in [-0.4, -0.2) is 18.5 Å². The first-order valence-corrected chi connectivity index (χ1v) is 10.1. The minimum Gasteiger partial charge on any atom is -0.462 e. The van der Waals surface area contributed by atoms with E-state index < -0.39 is 0 Å². The number of anilines is 1. The molecule has 4 nitrogen and oxygen atoms in total. The van der Waals surface area contributed by atoms with Crippen molar-refractivity contribution in [3.8, 4) is 0 Å². The second kappa shape index (κ2) is 9.33. The molecular weight excluding hydrogens is 370 g/mol. The van der Waals surface area contributed by atoms with E-state index in [4.69, 9.17) is 4.74 Å². The van der Waals surface area contributed by atoms with Gasteiger partial charge < -0.3 is 10.1 Å². The highest BCUT2D eigenvalue weighted by Crippen LogP contribution is 2.31. The number of rotatable bonds is 7. The smallest absolute Gasteiger partial charge is 0.348 e. The molecule has 0 fully saturated rings. The Morgan fingerprint density at radius 3 is 2.11 bits per heavy atom. The van der Waals surface area contributed by atoms with Gasteiger partial charge in [-0.3, -0.25) is 4.79 Å². The quantitative estimate of drug-likeness (QED) is 0.547. The van der Waals surface area contributed by atoms with Gasteiger partial charge in [-0.2, -0.15) is 0 Å². The number of amides is 1. The third kappa shape index (κ3) is 4.87. The summed E-state index contributed by atoms with van der Waals surface area (Å²) in [6, 6.07) is 21.9. The molecular formula is C23H23NO3S. The van der Waals surface area contributed by atoms with E-state index in [9.17, 15) is 9.59 Å². The number of carbonyl (C=O) groups is 2. The Morgan fingerprint density at radius 2 is 1.57 bits per heavy atom. The van der Waals surface area contributed by atoms with Gasteiger partial charge in [0.05, 0.1) is 11.6 Å². The van der Waals surface area contributed by atoms with Crippen LogP contribution in [-0.2, 0) is 9.53 Å². The largest absolute Gasteiger partial charge is 0.462 e. The summed E-state index contributed by atoms with van der Waals surface area (Å²) in [7, 11) is 0. The van der Waals surface area contributed by atoms with Crippen molar-refractivity contribution in [1.82, 2.24) is 0 Å². The number of hydrogen-bond donors (Lipinski definition) is 1. The van der Waals surface area contributed by atoms with Crippen molar-refractivity contribution in [2.45, 2.75) is 26.2 Å². The van der Waals surface area contributed by atoms with Gasteiger partial charge >= 0.3 is 5.97 Å². The molecule has 0 unspecified atom stereocenters. The number of hydrogen-bond acceptors (Lipinski definition) is 4. The first kappa shape index (κ1) is 19.8. The molecule has 0 spiro atoms. The van der Waals surface area contributed by atoms with Crippen LogP contribution in [0.2, 0.25) is 0 Å². The maximum Gasteiger partial charge on any atom is 0.348 e. The number of ether oxygens (including phenoxy) is 1. The van der Waals surface area contributed by atoms with Gasteiger partial charge in [-0.25, -0.2) is 4.79 Å². The lowest BCUT2D eigenvalue weighted by atomic mass is 9.88. The monoisotopic (exact) mass is 393 g/mol. The molecule has 1 amide bonds. The zero-order chi connectivity index (χ0) is 19.9. The highest BCUT2D eigenvalue weighted by molar-refractivity contribution is 7.18. The van der Waals surface area contributed by atoms with Crippen LogP contribution in [0, 0.1) is 6.92 Å². The summed E-state index contributed by atoms with van der Waals surface area (Å²) in [5.74, 6) is -0.473. The molecule has 5 heteroatoms. The van der Waals surface area contributed by atoms with E-state index in [1.165, 1.54) is 11.3 Å². The molecule has 0 saturated carbocycles. The molecule has 1 heterocycles. The first-order valence-electron chi connectivity index (χ1n) is 9.25. The Labute approximate surface area is 169 Å². The average Bonchev–Trinajstić information content (AvgIpc) is 3.07. The molecule has 144 valence electrons. The molecule has 0 radical (unpaired) electrons. The van der Waals surface area contributed by atoms with Crippen molar-refractivity contribution >= 4 is 28.2 Å². The normalized spacial score (nSPS) is 10.7. The van der Waals surface area contributed by atoms with Gasteiger partial charge in [0, 0.05) is 12.3 Å². The van der Waals surface area contributed by atoms with Crippen LogP contribution >= 0.6 is 11.3 Å². The third-order valence-corrected chi connectivity index (χ3v) is 5.57. The second-order valence-corrected chi connectivity index (χ2v) is 7.52. The molecule has 1 N–H and O–H groups in total. The highest BCUT2D eigenvalue weighted by Gasteiger charge is 2.20. The van der Waals surface area contributed by atoms with Crippen LogP contribution in [0.3, 0.4) is 0 Å². The topological polar surface area (TPSA) is 55.4 Å². The third-order valence-electron chi connectivity index (χ3n) is 4.43. The summed E-state index contributed by atoms with van der Waals surface area (Å²) in [6.45, 7) is 3.94. The molecule has 3 rings (SSSR count). The number of esters is 1. The molecule has 0 saturated heterocycles. The fourth-order valence-electron chi connectivity index (χ4n) is 3.12. The summed E-state index contributed by atoms with van der Waals surface area (Å²) in [5.41, 5.74) is 3.00. The van der Waals surface area contributed by atoms with Gasteiger partial charge in [-0.15, -0.1) is 11.3 Å². The number of benzene rings is 2. The molecule has 0 atom stereocenters. The lowest BCUT2D eigenvalue weighted by molar-refractivity contribution is -0.116. The van der Waals surface area contributed by atoms with Gasteiger partial charge in [0.25, 0.3) is 0 Å². The lowest BCUT2D eigenvalue weighted by Crippen LogP contribution is -2.16. The predicted molar refractivity (Wildman–Crippen MR) is 113 cm³/mol. The summed E-state index contributed by atoms with van der Waals surface area (Å²) < 4.78 is 5.07. The number of thiophene rings is 1. The Morgan fingerprint density at radius 1 is 1.00 bits per heavy atom. The van der Waals surface area contributed by atoms with E-state index in [-0.39, 0.29) is 17.8 Å². The second-order valence-electron chi connectivity index (χ2n) is 6.47. The van der Waals surface area contributed by atoms with Crippen molar-refractivity contribution in [2.24, 2.45) is 0 Å². The maximum atomic E-state index is 12.8. The minimum atomic E-state index is -0.350. The van der Waals surface area contributed by atoms with Crippen molar-refractivity contribution in [3.63, 3.8) is 0 Å². The summed E-state index contributed by atoms with van der Waals surface area (Å²) in [4.78, 5) is 25.3. The summed E-state index contributed by atoms with van der Waals surface area (Å²) in [5, 5.41) is 3.60. The van der Waals surface area contributed by atoms with Crippen LogP contribution in [0.4, 0.5) is 5.00 Å². The molecule has 1 aromatic heterocycles. The van der Waals surface area contributed by atoms with Gasteiger partial charge in [0.2, 0.25) is 5.91 Å². The van der Waals surface area contributed by atoms with Crippen LogP contribution < -0.4 is 5.32 Å². The van der Waals surface area contributed by atoms with Crippen LogP contribution in [0.5, 0.6) is 0 Å². The summed E-state index contributed by atoms with van der Waals surface area (Å²) in [6.07, 6.45) is 0.319. The molecule has 3 aromatic rings. The van der Waals surface area contributed by atoms with Gasteiger partial charge in [-0.05, 0) is 36.6 Å². The van der Waals surface area contributed by atoms with Gasteiger partial charge in [-0.1, -0.05) is 60.7 Å². The molecule has 0 aliphatic carbocycles. The van der Waals surface area contributed by atoms with Crippen LogP contribution in [0.25, 0.3) is 0 Å². The Bertz CT molecular complexity index is 895. The van der Waals surface area contributed by atoms with Crippen LogP contribution in [0.1, 0.15) is 45.6 Å². The molecule has 2 aromatic carbocycles. The standard InChI is InChI=1S/C23H23NO3S/c1-3-27-23(26)22-16(2)14-21(28-22)24-20(25)15-19(17-10-6-4-7-11-17)18-12-8-5-9-13-18/h4-14,19H,3,15H2,1-2H3,(H,24,25). The Kier molecular flexibility index (Phi) is 6.61. The highest BCUT2D eigenvalue weighted by atomic mass is 32.1. The minimum absolute atomic E-state index is 0.0343. The van der Waals surface area contributed by atoms with E-state index in [0.29, 0.717) is 22.9 Å². The summed E-state index contributed by atoms with van der Waals surface area (Å²) >= 11 is 1.25. The van der Waals surface area contributed by atoms with E-state index in [1.54, 1.807) is 6.92 Å². The molecule has 0 bridgehead atoms. The van der Waals surface area contributed by atoms with E-state index in [0.717, 1.165) is 16.7 Å². The fraction of sp³-hybridized carbons (Fsp3) is 0.217. The lowest BCUT2D eigenvalue weighted by Gasteiger charge is -2.17. The number of aryl methyl sites for hydroxylation is 1. The first-order chi connectivity index (χ1) is 13.6. The molecule has 28 heavy (non-hydrogen) atoms. The van der Waals surface area contributed by atoms with Gasteiger partial charge in [0.15, 0.2) is 0 Å². The zero-order valence-electron chi connectivity index (χ0n) is 16.0. The van der Waals surface area contributed by atoms with Crippen LogP contribution in [0.15, 0.2) is 66.7 Å². The van der Waals surface area contributed by atoms with E-state index >= 15 is 0 Å². The molecule has 0 aliphatic rings. The van der Waals surface area contributed by atoms with E-state index in [1.807, 2.05) is 73.7 Å². The zero-order valence-corrected chi connectivity index (χ0v) is 16.8. The Hall–Kier alpha value is -2.92. The maximum absolute atomic E-state index is 12.8. The molecule has 0 aliphatic heterocycles. The Balaban J connectivity index is 1.76. The van der Waals surface area contributed by atoms with Gasteiger partial charge in [0.1, 0.15) is 4.88 Å². The predicted octanol–water partition coefficient (Wildman–Crippen LogP) is 5.39. The number of nitrogens with one attached hydrogen (secondary N) is 1.